The molecule has 1 aromatic carbocycles. The molecule has 6 heteroatoms. The van der Waals surface area contributed by atoms with E-state index in [9.17, 15) is 9.59 Å². The Labute approximate surface area is 157 Å². The number of rotatable bonds is 8. The van der Waals surface area contributed by atoms with Gasteiger partial charge in [0.2, 0.25) is 0 Å². The van der Waals surface area contributed by atoms with E-state index < -0.39 is 5.60 Å². The van der Waals surface area contributed by atoms with Crippen molar-refractivity contribution >= 4 is 34.3 Å². The first-order valence-corrected chi connectivity index (χ1v) is 9.01. The first kappa shape index (κ1) is 20.7. The number of esters is 1. The van der Waals surface area contributed by atoms with Gasteiger partial charge >= 0.3 is 5.97 Å². The Bertz CT molecular complexity index is 590. The maximum Gasteiger partial charge on any atom is 0.306 e. The van der Waals surface area contributed by atoms with Crippen molar-refractivity contribution in [1.82, 2.24) is 0 Å². The minimum absolute atomic E-state index is 0.0586. The lowest BCUT2D eigenvalue weighted by atomic mass is 10.1. The average molecular weight is 448 g/mol. The van der Waals surface area contributed by atoms with Gasteiger partial charge in [-0.1, -0.05) is 6.92 Å². The summed E-state index contributed by atoms with van der Waals surface area (Å²) in [6, 6.07) is 3.41. The summed E-state index contributed by atoms with van der Waals surface area (Å²) in [6.45, 7) is 8.01. The van der Waals surface area contributed by atoms with Crippen LogP contribution in [-0.2, 0) is 9.53 Å². The third-order valence-electron chi connectivity index (χ3n) is 2.98. The fourth-order valence-electron chi connectivity index (χ4n) is 1.98. The molecule has 0 radical (unpaired) electrons. The van der Waals surface area contributed by atoms with Gasteiger partial charge in [0.25, 0.3) is 0 Å². The summed E-state index contributed by atoms with van der Waals surface area (Å²) in [7, 11) is 1.54. The van der Waals surface area contributed by atoms with Crippen LogP contribution in [0.5, 0.6) is 11.5 Å². The van der Waals surface area contributed by atoms with Crippen molar-refractivity contribution in [3.05, 3.63) is 21.3 Å². The fourth-order valence-corrected chi connectivity index (χ4v) is 2.73. The number of hydrogen-bond acceptors (Lipinski definition) is 5. The van der Waals surface area contributed by atoms with Crippen molar-refractivity contribution in [3.8, 4) is 11.5 Å². The molecule has 0 saturated heterocycles. The first-order valence-electron chi connectivity index (χ1n) is 7.93. The molecule has 0 heterocycles. The van der Waals surface area contributed by atoms with E-state index in [4.69, 9.17) is 14.2 Å². The van der Waals surface area contributed by atoms with Gasteiger partial charge in [-0.15, -0.1) is 0 Å². The Morgan fingerprint density at radius 2 is 1.83 bits per heavy atom. The lowest BCUT2D eigenvalue weighted by Gasteiger charge is -2.19. The van der Waals surface area contributed by atoms with Gasteiger partial charge in [-0.25, -0.2) is 0 Å². The zero-order valence-electron chi connectivity index (χ0n) is 14.9. The second-order valence-corrected chi connectivity index (χ2v) is 7.51. The van der Waals surface area contributed by atoms with Crippen molar-refractivity contribution in [3.63, 3.8) is 0 Å². The molecule has 0 amide bonds. The van der Waals surface area contributed by atoms with Gasteiger partial charge in [0.1, 0.15) is 5.60 Å². The molecular weight excluding hydrogens is 423 g/mol. The maximum absolute atomic E-state index is 12.4. The van der Waals surface area contributed by atoms with Crippen molar-refractivity contribution < 1.29 is 23.8 Å². The van der Waals surface area contributed by atoms with E-state index in [1.165, 1.54) is 0 Å². The average Bonchev–Trinajstić information content (AvgIpc) is 2.49. The van der Waals surface area contributed by atoms with Gasteiger partial charge in [-0.3, -0.25) is 9.59 Å². The SMILES string of the molecule is CCCOc1c(I)cc(C(=O)CCC(=O)OC(C)(C)C)cc1OC. The summed E-state index contributed by atoms with van der Waals surface area (Å²) in [5.41, 5.74) is -0.0413. The molecule has 5 nitrogen and oxygen atoms in total. The topological polar surface area (TPSA) is 61.8 Å². The molecule has 0 unspecified atom stereocenters. The van der Waals surface area contributed by atoms with Gasteiger partial charge in [0.05, 0.1) is 23.7 Å². The summed E-state index contributed by atoms with van der Waals surface area (Å²) >= 11 is 2.12. The molecule has 0 spiro atoms. The van der Waals surface area contributed by atoms with E-state index in [2.05, 4.69) is 22.6 Å². The Balaban J connectivity index is 2.81. The van der Waals surface area contributed by atoms with Crippen LogP contribution < -0.4 is 9.47 Å². The van der Waals surface area contributed by atoms with Gasteiger partial charge in [-0.05, 0) is 61.9 Å². The molecule has 0 aliphatic carbocycles. The van der Waals surface area contributed by atoms with Gasteiger partial charge < -0.3 is 14.2 Å². The minimum Gasteiger partial charge on any atom is -0.493 e. The predicted molar refractivity (Wildman–Crippen MR) is 101 cm³/mol. The van der Waals surface area contributed by atoms with E-state index in [1.807, 2.05) is 6.92 Å². The largest absolute Gasteiger partial charge is 0.493 e. The molecule has 0 N–H and O–H groups in total. The molecule has 24 heavy (non-hydrogen) atoms. The van der Waals surface area contributed by atoms with E-state index in [0.717, 1.165) is 9.99 Å². The molecule has 0 fully saturated rings. The summed E-state index contributed by atoms with van der Waals surface area (Å²) < 4.78 is 17.0. The predicted octanol–water partition coefficient (Wildman–Crippen LogP) is 4.39. The third kappa shape index (κ3) is 6.67. The fraction of sp³-hybridized carbons (Fsp3) is 0.556. The standard InChI is InChI=1S/C18H25IO5/c1-6-9-23-17-13(19)10-12(11-15(17)22-5)14(20)7-8-16(21)24-18(2,3)4/h10-11H,6-9H2,1-5H3. The highest BCUT2D eigenvalue weighted by molar-refractivity contribution is 14.1. The highest BCUT2D eigenvalue weighted by Gasteiger charge is 2.19. The quantitative estimate of drug-likeness (QED) is 0.335. The number of hydrogen-bond donors (Lipinski definition) is 0. The number of carbonyl (C=O) groups is 2. The van der Waals surface area contributed by atoms with Crippen LogP contribution in [0.1, 0.15) is 57.3 Å². The number of halogens is 1. The highest BCUT2D eigenvalue weighted by atomic mass is 127. The molecule has 0 saturated carbocycles. The number of carbonyl (C=O) groups excluding carboxylic acids is 2. The summed E-state index contributed by atoms with van der Waals surface area (Å²) in [5.74, 6) is 0.666. The van der Waals surface area contributed by atoms with Crippen LogP contribution in [0.15, 0.2) is 12.1 Å². The van der Waals surface area contributed by atoms with Crippen molar-refractivity contribution in [2.24, 2.45) is 0 Å². The van der Waals surface area contributed by atoms with E-state index in [-0.39, 0.29) is 24.6 Å². The van der Waals surface area contributed by atoms with E-state index in [1.54, 1.807) is 40.0 Å². The van der Waals surface area contributed by atoms with Crippen molar-refractivity contribution in [2.45, 2.75) is 52.6 Å². The highest BCUT2D eigenvalue weighted by Crippen LogP contribution is 2.34. The number of Topliss-reactive ketones (excluding diaryl/α,β-unsaturated/α-hetero) is 1. The molecular formula is C18H25IO5. The normalized spacial score (nSPS) is 11.1. The zero-order valence-corrected chi connectivity index (χ0v) is 17.1. The second kappa shape index (κ2) is 9.25. The van der Waals surface area contributed by atoms with Gasteiger partial charge in [0, 0.05) is 12.0 Å². The van der Waals surface area contributed by atoms with Gasteiger partial charge in [0.15, 0.2) is 17.3 Å². The molecule has 0 aliphatic rings. The van der Waals surface area contributed by atoms with Crippen LogP contribution >= 0.6 is 22.6 Å². The molecule has 1 rings (SSSR count). The molecule has 1 aromatic rings. The van der Waals surface area contributed by atoms with E-state index >= 15 is 0 Å². The molecule has 0 atom stereocenters. The smallest absolute Gasteiger partial charge is 0.306 e. The van der Waals surface area contributed by atoms with Crippen LogP contribution in [0.25, 0.3) is 0 Å². The van der Waals surface area contributed by atoms with Gasteiger partial charge in [-0.2, -0.15) is 0 Å². The summed E-state index contributed by atoms with van der Waals surface area (Å²) in [6.07, 6.45) is 1.04. The minimum atomic E-state index is -0.545. The lowest BCUT2D eigenvalue weighted by molar-refractivity contribution is -0.154. The van der Waals surface area contributed by atoms with Crippen LogP contribution in [0.4, 0.5) is 0 Å². The Morgan fingerprint density at radius 1 is 1.17 bits per heavy atom. The Kier molecular flexibility index (Phi) is 7.99. The van der Waals surface area contributed by atoms with E-state index in [0.29, 0.717) is 23.7 Å². The molecule has 0 bridgehead atoms. The monoisotopic (exact) mass is 448 g/mol. The van der Waals surface area contributed by atoms with Crippen molar-refractivity contribution in [1.29, 1.82) is 0 Å². The maximum atomic E-state index is 12.4. The molecule has 0 aromatic heterocycles. The Hall–Kier alpha value is -1.31. The zero-order chi connectivity index (χ0) is 18.3. The number of ether oxygens (including phenoxy) is 3. The second-order valence-electron chi connectivity index (χ2n) is 6.35. The third-order valence-corrected chi connectivity index (χ3v) is 3.78. The first-order chi connectivity index (χ1) is 11.2. The molecule has 134 valence electrons. The van der Waals surface area contributed by atoms with Crippen LogP contribution in [-0.4, -0.2) is 31.1 Å². The number of benzene rings is 1. The summed E-state index contributed by atoms with van der Waals surface area (Å²) in [5, 5.41) is 0. The summed E-state index contributed by atoms with van der Waals surface area (Å²) in [4.78, 5) is 24.1. The molecule has 0 aliphatic heterocycles. The van der Waals surface area contributed by atoms with Crippen LogP contribution in [0, 0.1) is 3.57 Å². The number of methoxy groups -OCH3 is 1. The van der Waals surface area contributed by atoms with Crippen LogP contribution in [0.2, 0.25) is 0 Å². The number of ketones is 1. The van der Waals surface area contributed by atoms with Crippen LogP contribution in [0.3, 0.4) is 0 Å². The lowest BCUT2D eigenvalue weighted by Crippen LogP contribution is -2.24. The van der Waals surface area contributed by atoms with Crippen molar-refractivity contribution in [2.75, 3.05) is 13.7 Å². The Morgan fingerprint density at radius 3 is 2.38 bits per heavy atom.